The van der Waals surface area contributed by atoms with Gasteiger partial charge in [0.2, 0.25) is 0 Å². The zero-order valence-corrected chi connectivity index (χ0v) is 11.5. The summed E-state index contributed by atoms with van der Waals surface area (Å²) in [6, 6.07) is 5.99. The minimum Gasteiger partial charge on any atom is -0.494 e. The van der Waals surface area contributed by atoms with E-state index in [1.165, 1.54) is 25.7 Å². The zero-order valence-electron chi connectivity index (χ0n) is 11.5. The quantitative estimate of drug-likeness (QED) is 0.813. The second-order valence-electron chi connectivity index (χ2n) is 5.22. The largest absolute Gasteiger partial charge is 0.494 e. The Bertz CT molecular complexity index is 386. The highest BCUT2D eigenvalue weighted by Crippen LogP contribution is 2.29. The third-order valence-corrected chi connectivity index (χ3v) is 3.67. The molecule has 0 heterocycles. The third kappa shape index (κ3) is 3.31. The van der Waals surface area contributed by atoms with Gasteiger partial charge in [-0.25, -0.2) is 0 Å². The molecule has 1 aromatic carbocycles. The molecule has 100 valence electrons. The lowest BCUT2D eigenvalue weighted by molar-refractivity contribution is 0.340. The Hall–Kier alpha value is -1.38. The minimum absolute atomic E-state index is 0.676. The van der Waals surface area contributed by atoms with E-state index in [0.717, 1.165) is 29.6 Å². The first-order chi connectivity index (χ1) is 8.69. The highest BCUT2D eigenvalue weighted by Gasteiger charge is 2.17. The zero-order chi connectivity index (χ0) is 13.0. The Balaban J connectivity index is 2.05. The smallest absolute Gasteiger partial charge is 0.123 e. The summed E-state index contributed by atoms with van der Waals surface area (Å²) in [6.07, 6.45) is 5.51. The minimum atomic E-state index is 0.676. The predicted octanol–water partition coefficient (Wildman–Crippen LogP) is 3.29. The van der Waals surface area contributed by atoms with Crippen LogP contribution in [0.2, 0.25) is 0 Å². The lowest BCUT2D eigenvalue weighted by Crippen LogP contribution is -2.24. The number of nitrogens with zero attached hydrogens (tertiary/aromatic N) is 1. The Morgan fingerprint density at radius 3 is 2.67 bits per heavy atom. The molecule has 0 bridgehead atoms. The summed E-state index contributed by atoms with van der Waals surface area (Å²) in [5, 5.41) is 0. The van der Waals surface area contributed by atoms with Crippen molar-refractivity contribution in [3.05, 3.63) is 18.2 Å². The first-order valence-corrected chi connectivity index (χ1v) is 6.93. The van der Waals surface area contributed by atoms with Crippen LogP contribution in [0.3, 0.4) is 0 Å². The van der Waals surface area contributed by atoms with E-state index in [0.29, 0.717) is 6.61 Å². The van der Waals surface area contributed by atoms with Gasteiger partial charge >= 0.3 is 0 Å². The monoisotopic (exact) mass is 248 g/mol. The number of nitrogens with two attached hydrogens (primary N) is 1. The van der Waals surface area contributed by atoms with Gasteiger partial charge in [0, 0.05) is 37.1 Å². The SMILES string of the molecule is CCOc1cc(N)cc(N(C)CC2CCCC2)c1. The molecule has 18 heavy (non-hydrogen) atoms. The standard InChI is InChI=1S/C15H24N2O/c1-3-18-15-9-13(16)8-14(10-15)17(2)11-12-6-4-5-7-12/h8-10,12H,3-7,11,16H2,1-2H3. The molecule has 0 radical (unpaired) electrons. The number of anilines is 2. The van der Waals surface area contributed by atoms with E-state index in [1.807, 2.05) is 19.1 Å². The van der Waals surface area contributed by atoms with Crippen LogP contribution in [0.5, 0.6) is 5.75 Å². The summed E-state index contributed by atoms with van der Waals surface area (Å²) in [6.45, 7) is 3.79. The Kier molecular flexibility index (Phi) is 4.34. The second-order valence-corrected chi connectivity index (χ2v) is 5.22. The number of hydrogen-bond acceptors (Lipinski definition) is 3. The summed E-state index contributed by atoms with van der Waals surface area (Å²) in [5.74, 6) is 1.71. The summed E-state index contributed by atoms with van der Waals surface area (Å²) in [4.78, 5) is 2.30. The van der Waals surface area contributed by atoms with Crippen LogP contribution in [0.25, 0.3) is 0 Å². The van der Waals surface area contributed by atoms with Gasteiger partial charge in [-0.1, -0.05) is 12.8 Å². The fraction of sp³-hybridized carbons (Fsp3) is 0.600. The van der Waals surface area contributed by atoms with Gasteiger partial charge in [0.1, 0.15) is 5.75 Å². The van der Waals surface area contributed by atoms with Crippen molar-refractivity contribution in [3.8, 4) is 5.75 Å². The molecule has 2 N–H and O–H groups in total. The van der Waals surface area contributed by atoms with Crippen molar-refractivity contribution in [2.75, 3.05) is 30.8 Å². The Labute approximate surface area is 110 Å². The third-order valence-electron chi connectivity index (χ3n) is 3.67. The maximum absolute atomic E-state index is 5.93. The van der Waals surface area contributed by atoms with E-state index < -0.39 is 0 Å². The molecule has 3 nitrogen and oxygen atoms in total. The summed E-state index contributed by atoms with van der Waals surface area (Å²) in [7, 11) is 2.14. The van der Waals surface area contributed by atoms with Crippen molar-refractivity contribution in [3.63, 3.8) is 0 Å². The fourth-order valence-corrected chi connectivity index (χ4v) is 2.76. The first kappa shape index (κ1) is 13.1. The first-order valence-electron chi connectivity index (χ1n) is 6.93. The molecule has 1 aliphatic rings. The van der Waals surface area contributed by atoms with E-state index in [2.05, 4.69) is 18.0 Å². The van der Waals surface area contributed by atoms with E-state index >= 15 is 0 Å². The molecule has 0 aliphatic heterocycles. The van der Waals surface area contributed by atoms with Crippen LogP contribution in [0.1, 0.15) is 32.6 Å². The van der Waals surface area contributed by atoms with Crippen molar-refractivity contribution in [2.24, 2.45) is 5.92 Å². The van der Waals surface area contributed by atoms with Crippen molar-refractivity contribution in [1.29, 1.82) is 0 Å². The highest BCUT2D eigenvalue weighted by atomic mass is 16.5. The van der Waals surface area contributed by atoms with Gasteiger partial charge in [-0.15, -0.1) is 0 Å². The summed E-state index contributed by atoms with van der Waals surface area (Å²) < 4.78 is 5.54. The molecule has 0 unspecified atom stereocenters. The molecule has 0 saturated heterocycles. The fourth-order valence-electron chi connectivity index (χ4n) is 2.76. The van der Waals surface area contributed by atoms with E-state index in [1.54, 1.807) is 0 Å². The molecular weight excluding hydrogens is 224 g/mol. The number of hydrogen-bond donors (Lipinski definition) is 1. The van der Waals surface area contributed by atoms with E-state index in [-0.39, 0.29) is 0 Å². The van der Waals surface area contributed by atoms with Gasteiger partial charge in [-0.2, -0.15) is 0 Å². The van der Waals surface area contributed by atoms with Gasteiger partial charge in [0.15, 0.2) is 0 Å². The van der Waals surface area contributed by atoms with Crippen LogP contribution in [0.15, 0.2) is 18.2 Å². The molecule has 1 aliphatic carbocycles. The molecule has 0 aromatic heterocycles. The average Bonchev–Trinajstić information content (AvgIpc) is 2.81. The number of benzene rings is 1. The van der Waals surface area contributed by atoms with Crippen molar-refractivity contribution < 1.29 is 4.74 Å². The van der Waals surface area contributed by atoms with Crippen LogP contribution in [-0.2, 0) is 0 Å². The van der Waals surface area contributed by atoms with Gasteiger partial charge in [-0.05, 0) is 31.7 Å². The lowest BCUT2D eigenvalue weighted by atomic mass is 10.1. The number of rotatable bonds is 5. The Morgan fingerprint density at radius 2 is 2.00 bits per heavy atom. The average molecular weight is 248 g/mol. The molecule has 0 amide bonds. The molecule has 1 saturated carbocycles. The topological polar surface area (TPSA) is 38.5 Å². The second kappa shape index (κ2) is 5.98. The number of ether oxygens (including phenoxy) is 1. The van der Waals surface area contributed by atoms with Crippen LogP contribution in [0.4, 0.5) is 11.4 Å². The van der Waals surface area contributed by atoms with E-state index in [4.69, 9.17) is 10.5 Å². The van der Waals surface area contributed by atoms with Gasteiger partial charge in [-0.3, -0.25) is 0 Å². The lowest BCUT2D eigenvalue weighted by Gasteiger charge is -2.24. The van der Waals surface area contributed by atoms with Crippen LogP contribution >= 0.6 is 0 Å². The number of nitrogen functional groups attached to an aromatic ring is 1. The highest BCUT2D eigenvalue weighted by molar-refractivity contribution is 5.60. The maximum Gasteiger partial charge on any atom is 0.123 e. The van der Waals surface area contributed by atoms with Gasteiger partial charge < -0.3 is 15.4 Å². The Morgan fingerprint density at radius 1 is 1.28 bits per heavy atom. The van der Waals surface area contributed by atoms with Crippen molar-refractivity contribution >= 4 is 11.4 Å². The van der Waals surface area contributed by atoms with E-state index in [9.17, 15) is 0 Å². The van der Waals surface area contributed by atoms with Gasteiger partial charge in [0.25, 0.3) is 0 Å². The van der Waals surface area contributed by atoms with Gasteiger partial charge in [0.05, 0.1) is 6.61 Å². The molecule has 1 fully saturated rings. The molecular formula is C15H24N2O. The van der Waals surface area contributed by atoms with Crippen LogP contribution in [-0.4, -0.2) is 20.2 Å². The maximum atomic E-state index is 5.93. The van der Waals surface area contributed by atoms with Crippen molar-refractivity contribution in [1.82, 2.24) is 0 Å². The van der Waals surface area contributed by atoms with Crippen molar-refractivity contribution in [2.45, 2.75) is 32.6 Å². The molecule has 3 heteroatoms. The molecule has 0 spiro atoms. The molecule has 1 aromatic rings. The molecule has 0 atom stereocenters. The van der Waals surface area contributed by atoms with Crippen LogP contribution < -0.4 is 15.4 Å². The van der Waals surface area contributed by atoms with Crippen LogP contribution in [0, 0.1) is 5.92 Å². The summed E-state index contributed by atoms with van der Waals surface area (Å²) >= 11 is 0. The summed E-state index contributed by atoms with van der Waals surface area (Å²) in [5.41, 5.74) is 7.86. The molecule has 2 rings (SSSR count). The normalized spacial score (nSPS) is 15.9. The predicted molar refractivity (Wildman–Crippen MR) is 77.3 cm³/mol.